The molecule has 1 aromatic heterocycles. The molecule has 0 aromatic carbocycles. The standard InChI is InChI=1S/C10H13NO7S2/c1-5-4-19-7(9(13)14)8(5)20(16,17)11-3-6(12)10(15)18-2/h4,6,11-12H,3H2,1-2H3,(H,13,14). The van der Waals surface area contributed by atoms with E-state index in [-0.39, 0.29) is 15.3 Å². The number of sulfonamides is 1. The molecule has 0 radical (unpaired) electrons. The Hall–Kier alpha value is -1.49. The second kappa shape index (κ2) is 6.31. The number of hydrogen-bond acceptors (Lipinski definition) is 7. The summed E-state index contributed by atoms with van der Waals surface area (Å²) in [5, 5.41) is 19.6. The second-order valence-electron chi connectivity index (χ2n) is 3.77. The van der Waals surface area contributed by atoms with Crippen molar-refractivity contribution in [2.75, 3.05) is 13.7 Å². The third-order valence-corrected chi connectivity index (χ3v) is 5.15. The van der Waals surface area contributed by atoms with Crippen molar-refractivity contribution in [1.29, 1.82) is 0 Å². The first-order chi connectivity index (χ1) is 9.20. The summed E-state index contributed by atoms with van der Waals surface area (Å²) in [5.74, 6) is -2.36. The molecule has 1 aromatic rings. The highest BCUT2D eigenvalue weighted by atomic mass is 32.2. The van der Waals surface area contributed by atoms with Crippen LogP contribution in [0.15, 0.2) is 10.3 Å². The maximum Gasteiger partial charge on any atom is 0.347 e. The molecule has 112 valence electrons. The summed E-state index contributed by atoms with van der Waals surface area (Å²) < 4.78 is 30.3. The molecular formula is C10H13NO7S2. The van der Waals surface area contributed by atoms with E-state index in [1.807, 2.05) is 4.72 Å². The fraction of sp³-hybridized carbons (Fsp3) is 0.400. The summed E-state index contributed by atoms with van der Waals surface area (Å²) in [4.78, 5) is 21.2. The summed E-state index contributed by atoms with van der Waals surface area (Å²) in [6.07, 6.45) is -1.66. The molecule has 0 bridgehead atoms. The molecule has 0 spiro atoms. The lowest BCUT2D eigenvalue weighted by molar-refractivity contribution is -0.149. The van der Waals surface area contributed by atoms with Gasteiger partial charge in [-0.15, -0.1) is 11.3 Å². The van der Waals surface area contributed by atoms with Gasteiger partial charge in [0.25, 0.3) is 0 Å². The first kappa shape index (κ1) is 16.6. The van der Waals surface area contributed by atoms with Crippen molar-refractivity contribution in [3.05, 3.63) is 15.8 Å². The maximum absolute atomic E-state index is 12.0. The molecule has 0 saturated carbocycles. The Bertz CT molecular complexity index is 620. The third-order valence-electron chi connectivity index (χ3n) is 2.32. The van der Waals surface area contributed by atoms with Crippen molar-refractivity contribution >= 4 is 33.3 Å². The summed E-state index contributed by atoms with van der Waals surface area (Å²) in [6.45, 7) is 0.845. The third kappa shape index (κ3) is 3.54. The largest absolute Gasteiger partial charge is 0.477 e. The molecule has 0 fully saturated rings. The normalized spacial score (nSPS) is 12.9. The zero-order chi connectivity index (χ0) is 15.5. The van der Waals surface area contributed by atoms with E-state index in [1.54, 1.807) is 0 Å². The number of carbonyl (C=O) groups is 2. The molecule has 0 aliphatic rings. The van der Waals surface area contributed by atoms with E-state index in [1.165, 1.54) is 12.3 Å². The van der Waals surface area contributed by atoms with Gasteiger partial charge in [0.1, 0.15) is 9.77 Å². The molecule has 8 nitrogen and oxygen atoms in total. The van der Waals surface area contributed by atoms with Crippen LogP contribution in [0.4, 0.5) is 0 Å². The molecule has 0 saturated heterocycles. The van der Waals surface area contributed by atoms with Gasteiger partial charge in [-0.2, -0.15) is 0 Å². The minimum atomic E-state index is -4.15. The van der Waals surface area contributed by atoms with Crippen LogP contribution in [0.25, 0.3) is 0 Å². The van der Waals surface area contributed by atoms with E-state index in [4.69, 9.17) is 5.11 Å². The Morgan fingerprint density at radius 3 is 2.60 bits per heavy atom. The van der Waals surface area contributed by atoms with Crippen molar-refractivity contribution < 1.29 is 33.0 Å². The molecule has 10 heteroatoms. The Morgan fingerprint density at radius 1 is 1.50 bits per heavy atom. The summed E-state index contributed by atoms with van der Waals surface area (Å²) >= 11 is 0.783. The van der Waals surface area contributed by atoms with Gasteiger partial charge in [0.2, 0.25) is 10.0 Å². The van der Waals surface area contributed by atoms with Crippen LogP contribution in [0.2, 0.25) is 0 Å². The van der Waals surface area contributed by atoms with E-state index in [9.17, 15) is 23.1 Å². The van der Waals surface area contributed by atoms with Gasteiger partial charge >= 0.3 is 11.9 Å². The van der Waals surface area contributed by atoms with Crippen LogP contribution in [0.3, 0.4) is 0 Å². The predicted molar refractivity (Wildman–Crippen MR) is 69.2 cm³/mol. The molecule has 0 amide bonds. The van der Waals surface area contributed by atoms with Gasteiger partial charge in [0.05, 0.1) is 7.11 Å². The first-order valence-corrected chi connectivity index (χ1v) is 7.64. The molecule has 1 rings (SSSR count). The summed E-state index contributed by atoms with van der Waals surface area (Å²) in [7, 11) is -3.10. The highest BCUT2D eigenvalue weighted by Crippen LogP contribution is 2.26. The van der Waals surface area contributed by atoms with Crippen LogP contribution in [-0.2, 0) is 19.6 Å². The zero-order valence-corrected chi connectivity index (χ0v) is 12.2. The van der Waals surface area contributed by atoms with Gasteiger partial charge in [-0.1, -0.05) is 0 Å². The minimum absolute atomic E-state index is 0.271. The van der Waals surface area contributed by atoms with Gasteiger partial charge < -0.3 is 14.9 Å². The van der Waals surface area contributed by atoms with Crippen LogP contribution in [0, 0.1) is 6.92 Å². The van der Waals surface area contributed by atoms with E-state index < -0.39 is 34.6 Å². The first-order valence-electron chi connectivity index (χ1n) is 5.27. The molecule has 1 atom stereocenters. The fourth-order valence-corrected chi connectivity index (χ4v) is 4.06. The Morgan fingerprint density at radius 2 is 2.10 bits per heavy atom. The van der Waals surface area contributed by atoms with Gasteiger partial charge in [-0.3, -0.25) is 0 Å². The number of aryl methyl sites for hydroxylation is 1. The van der Waals surface area contributed by atoms with E-state index in [0.29, 0.717) is 0 Å². The van der Waals surface area contributed by atoms with Crippen molar-refractivity contribution in [1.82, 2.24) is 4.72 Å². The number of carboxylic acids is 1. The zero-order valence-electron chi connectivity index (χ0n) is 10.6. The van der Waals surface area contributed by atoms with Gasteiger partial charge in [-0.25, -0.2) is 22.7 Å². The van der Waals surface area contributed by atoms with Crippen molar-refractivity contribution in [3.8, 4) is 0 Å². The number of esters is 1. The molecule has 1 heterocycles. The number of rotatable bonds is 6. The molecule has 3 N–H and O–H groups in total. The van der Waals surface area contributed by atoms with E-state index in [0.717, 1.165) is 18.4 Å². The number of ether oxygens (including phenoxy) is 1. The quantitative estimate of drug-likeness (QED) is 0.605. The molecule has 1 unspecified atom stereocenters. The van der Waals surface area contributed by atoms with Gasteiger partial charge in [0.15, 0.2) is 6.10 Å². The second-order valence-corrected chi connectivity index (χ2v) is 6.36. The van der Waals surface area contributed by atoms with Crippen LogP contribution in [-0.4, -0.2) is 50.3 Å². The maximum atomic E-state index is 12.0. The fourth-order valence-electron chi connectivity index (χ4n) is 1.40. The average Bonchev–Trinajstić information content (AvgIpc) is 2.78. The van der Waals surface area contributed by atoms with Gasteiger partial charge in [0, 0.05) is 6.54 Å². The minimum Gasteiger partial charge on any atom is -0.477 e. The number of carbonyl (C=O) groups excluding carboxylic acids is 1. The number of thiophene rings is 1. The highest BCUT2D eigenvalue weighted by Gasteiger charge is 2.28. The van der Waals surface area contributed by atoms with Crippen LogP contribution in [0.1, 0.15) is 15.2 Å². The lowest BCUT2D eigenvalue weighted by Crippen LogP contribution is -2.37. The van der Waals surface area contributed by atoms with Crippen molar-refractivity contribution in [3.63, 3.8) is 0 Å². The Kier molecular flexibility index (Phi) is 5.22. The Labute approximate surface area is 119 Å². The van der Waals surface area contributed by atoms with E-state index in [2.05, 4.69) is 4.74 Å². The number of hydrogen-bond donors (Lipinski definition) is 3. The van der Waals surface area contributed by atoms with Gasteiger partial charge in [-0.05, 0) is 17.9 Å². The number of carboxylic acid groups (broad SMARTS) is 1. The van der Waals surface area contributed by atoms with Crippen LogP contribution in [0.5, 0.6) is 0 Å². The number of aromatic carboxylic acids is 1. The van der Waals surface area contributed by atoms with Crippen molar-refractivity contribution in [2.24, 2.45) is 0 Å². The topological polar surface area (TPSA) is 130 Å². The molecular weight excluding hydrogens is 310 g/mol. The summed E-state index contributed by atoms with van der Waals surface area (Å²) in [5.41, 5.74) is 0.271. The SMILES string of the molecule is COC(=O)C(O)CNS(=O)(=O)c1c(C)csc1C(=O)O. The highest BCUT2D eigenvalue weighted by molar-refractivity contribution is 7.89. The smallest absolute Gasteiger partial charge is 0.347 e. The number of aliphatic hydroxyl groups excluding tert-OH is 1. The number of aliphatic hydroxyl groups is 1. The van der Waals surface area contributed by atoms with Crippen LogP contribution < -0.4 is 4.72 Å². The number of nitrogens with one attached hydrogen (secondary N) is 1. The Balaban J connectivity index is 2.98. The monoisotopic (exact) mass is 323 g/mol. The lowest BCUT2D eigenvalue weighted by atomic mass is 10.3. The number of methoxy groups -OCH3 is 1. The molecule has 0 aliphatic carbocycles. The molecule has 20 heavy (non-hydrogen) atoms. The lowest BCUT2D eigenvalue weighted by Gasteiger charge is -2.11. The van der Waals surface area contributed by atoms with E-state index >= 15 is 0 Å². The average molecular weight is 323 g/mol. The predicted octanol–water partition coefficient (Wildman–Crippen LogP) is -0.433. The summed E-state index contributed by atoms with van der Waals surface area (Å²) in [6, 6.07) is 0. The molecule has 0 aliphatic heterocycles. The van der Waals surface area contributed by atoms with Crippen LogP contribution >= 0.6 is 11.3 Å². The van der Waals surface area contributed by atoms with Crippen molar-refractivity contribution in [2.45, 2.75) is 17.9 Å².